The molecule has 0 aliphatic heterocycles. The molecule has 2 aromatic rings. The summed E-state index contributed by atoms with van der Waals surface area (Å²) in [5.74, 6) is 0.880. The summed E-state index contributed by atoms with van der Waals surface area (Å²) in [7, 11) is 0. The number of hydrogen-bond acceptors (Lipinski definition) is 2. The van der Waals surface area contributed by atoms with Crippen molar-refractivity contribution >= 4 is 31.9 Å². The van der Waals surface area contributed by atoms with Crippen LogP contribution < -0.4 is 10.5 Å². The van der Waals surface area contributed by atoms with E-state index in [0.29, 0.717) is 17.1 Å². The Hall–Kier alpha value is -0.910. The van der Waals surface area contributed by atoms with E-state index in [9.17, 15) is 4.39 Å². The van der Waals surface area contributed by atoms with Gasteiger partial charge in [0.05, 0.1) is 4.47 Å². The lowest BCUT2D eigenvalue weighted by Crippen LogP contribution is -2.07. The Labute approximate surface area is 128 Å². The maximum Gasteiger partial charge on any atom is 0.141 e. The van der Waals surface area contributed by atoms with Crippen molar-refractivity contribution in [2.45, 2.75) is 13.0 Å². The van der Waals surface area contributed by atoms with Crippen LogP contribution in [-0.4, -0.2) is 0 Å². The van der Waals surface area contributed by atoms with Crippen LogP contribution in [0.2, 0.25) is 0 Å². The second-order valence-corrected chi connectivity index (χ2v) is 5.92. The number of benzene rings is 2. The Bertz CT molecular complexity index is 602. The molecule has 1 unspecified atom stereocenters. The van der Waals surface area contributed by atoms with E-state index < -0.39 is 0 Å². The van der Waals surface area contributed by atoms with Crippen LogP contribution in [0.3, 0.4) is 0 Å². The smallest absolute Gasteiger partial charge is 0.141 e. The maximum absolute atomic E-state index is 13.3. The molecule has 19 heavy (non-hydrogen) atoms. The lowest BCUT2D eigenvalue weighted by atomic mass is 10.1. The van der Waals surface area contributed by atoms with Crippen molar-refractivity contribution in [2.24, 2.45) is 5.73 Å². The van der Waals surface area contributed by atoms with Gasteiger partial charge in [0.1, 0.15) is 17.3 Å². The first-order valence-electron chi connectivity index (χ1n) is 5.65. The molecule has 0 aliphatic carbocycles. The second-order valence-electron chi connectivity index (χ2n) is 4.15. The van der Waals surface area contributed by atoms with Crippen LogP contribution >= 0.6 is 31.9 Å². The van der Waals surface area contributed by atoms with Crippen LogP contribution in [-0.2, 0) is 0 Å². The third-order valence-corrected chi connectivity index (χ3v) is 3.69. The van der Waals surface area contributed by atoms with Crippen molar-refractivity contribution in [2.75, 3.05) is 0 Å². The zero-order valence-electron chi connectivity index (χ0n) is 10.2. The number of halogens is 3. The second kappa shape index (κ2) is 6.03. The van der Waals surface area contributed by atoms with E-state index in [1.54, 1.807) is 13.0 Å². The fourth-order valence-corrected chi connectivity index (χ4v) is 2.77. The monoisotopic (exact) mass is 387 g/mol. The highest BCUT2D eigenvalue weighted by molar-refractivity contribution is 9.11. The fraction of sp³-hybridized carbons (Fsp3) is 0.143. The van der Waals surface area contributed by atoms with E-state index >= 15 is 0 Å². The van der Waals surface area contributed by atoms with Gasteiger partial charge in [-0.05, 0) is 59.3 Å². The highest BCUT2D eigenvalue weighted by Crippen LogP contribution is 2.35. The highest BCUT2D eigenvalue weighted by Gasteiger charge is 2.12. The van der Waals surface area contributed by atoms with E-state index in [4.69, 9.17) is 10.5 Å². The van der Waals surface area contributed by atoms with Crippen molar-refractivity contribution in [3.63, 3.8) is 0 Å². The van der Waals surface area contributed by atoms with E-state index in [1.165, 1.54) is 12.1 Å². The van der Waals surface area contributed by atoms with E-state index in [1.807, 2.05) is 18.2 Å². The molecule has 0 saturated heterocycles. The van der Waals surface area contributed by atoms with E-state index in [0.717, 1.165) is 8.95 Å². The van der Waals surface area contributed by atoms with Gasteiger partial charge >= 0.3 is 0 Å². The van der Waals surface area contributed by atoms with Crippen LogP contribution in [0.5, 0.6) is 11.5 Å². The van der Waals surface area contributed by atoms with Crippen molar-refractivity contribution in [3.8, 4) is 11.5 Å². The number of nitrogens with two attached hydrogens (primary N) is 1. The standard InChI is InChI=1S/C14H12Br2FNO/c1-8(18)11-7-10(17)3-5-13(11)19-14-4-2-9(15)6-12(14)16/h2-8H,18H2,1H3. The quantitative estimate of drug-likeness (QED) is 0.787. The first-order valence-corrected chi connectivity index (χ1v) is 7.24. The van der Waals surface area contributed by atoms with Gasteiger partial charge in [-0.3, -0.25) is 0 Å². The zero-order chi connectivity index (χ0) is 14.0. The Morgan fingerprint density at radius 3 is 2.42 bits per heavy atom. The third-order valence-electron chi connectivity index (χ3n) is 2.58. The molecule has 0 saturated carbocycles. The van der Waals surface area contributed by atoms with Gasteiger partial charge in [-0.2, -0.15) is 0 Å². The minimum Gasteiger partial charge on any atom is -0.456 e. The van der Waals surface area contributed by atoms with Gasteiger partial charge in [0, 0.05) is 16.1 Å². The molecule has 2 N–H and O–H groups in total. The van der Waals surface area contributed by atoms with Gasteiger partial charge in [0.2, 0.25) is 0 Å². The Kier molecular flexibility index (Phi) is 4.60. The van der Waals surface area contributed by atoms with Crippen LogP contribution in [0.25, 0.3) is 0 Å². The molecule has 0 spiro atoms. The number of hydrogen-bond donors (Lipinski definition) is 1. The highest BCUT2D eigenvalue weighted by atomic mass is 79.9. The summed E-state index contributed by atoms with van der Waals surface area (Å²) in [5, 5.41) is 0. The summed E-state index contributed by atoms with van der Waals surface area (Å²) in [6, 6.07) is 9.60. The molecule has 0 aromatic heterocycles. The van der Waals surface area contributed by atoms with Gasteiger partial charge in [0.25, 0.3) is 0 Å². The molecule has 1 atom stereocenters. The van der Waals surface area contributed by atoms with Crippen molar-refractivity contribution in [3.05, 3.63) is 56.7 Å². The lowest BCUT2D eigenvalue weighted by molar-refractivity contribution is 0.466. The maximum atomic E-state index is 13.3. The first kappa shape index (κ1) is 14.5. The predicted molar refractivity (Wildman–Crippen MR) is 80.9 cm³/mol. The van der Waals surface area contributed by atoms with E-state index in [2.05, 4.69) is 31.9 Å². The summed E-state index contributed by atoms with van der Waals surface area (Å²) >= 11 is 6.79. The summed E-state index contributed by atoms with van der Waals surface area (Å²) in [6.45, 7) is 1.79. The van der Waals surface area contributed by atoms with Gasteiger partial charge < -0.3 is 10.5 Å². The Balaban J connectivity index is 2.38. The van der Waals surface area contributed by atoms with Crippen molar-refractivity contribution in [1.29, 1.82) is 0 Å². The van der Waals surface area contributed by atoms with Crippen LogP contribution in [0.4, 0.5) is 4.39 Å². The topological polar surface area (TPSA) is 35.2 Å². The molecule has 0 amide bonds. The molecule has 2 aromatic carbocycles. The molecule has 0 heterocycles. The van der Waals surface area contributed by atoms with Gasteiger partial charge in [-0.15, -0.1) is 0 Å². The summed E-state index contributed by atoms with van der Waals surface area (Å²) < 4.78 is 20.8. The zero-order valence-corrected chi connectivity index (χ0v) is 13.3. The number of ether oxygens (including phenoxy) is 1. The molecule has 100 valence electrons. The van der Waals surface area contributed by atoms with E-state index in [-0.39, 0.29) is 11.9 Å². The molecular formula is C14H12Br2FNO. The van der Waals surface area contributed by atoms with Crippen molar-refractivity contribution < 1.29 is 9.13 Å². The minimum absolute atomic E-state index is 0.306. The average Bonchev–Trinajstić information content (AvgIpc) is 2.34. The fourth-order valence-electron chi connectivity index (χ4n) is 1.64. The van der Waals surface area contributed by atoms with Crippen LogP contribution in [0.1, 0.15) is 18.5 Å². The molecule has 0 aliphatic rings. The largest absolute Gasteiger partial charge is 0.456 e. The van der Waals surface area contributed by atoms with Gasteiger partial charge in [-0.1, -0.05) is 15.9 Å². The summed E-state index contributed by atoms with van der Waals surface area (Å²) in [5.41, 5.74) is 6.47. The normalized spacial score (nSPS) is 12.3. The van der Waals surface area contributed by atoms with Crippen LogP contribution in [0.15, 0.2) is 45.3 Å². The number of rotatable bonds is 3. The predicted octanol–water partition coefficient (Wildman–Crippen LogP) is 5.16. The molecular weight excluding hydrogens is 377 g/mol. The Morgan fingerprint density at radius 1 is 1.11 bits per heavy atom. The molecule has 0 bridgehead atoms. The Morgan fingerprint density at radius 2 is 1.79 bits per heavy atom. The first-order chi connectivity index (χ1) is 8.97. The molecule has 2 rings (SSSR count). The molecule has 0 fully saturated rings. The summed E-state index contributed by atoms with van der Waals surface area (Å²) in [6.07, 6.45) is 0. The molecule has 2 nitrogen and oxygen atoms in total. The third kappa shape index (κ3) is 3.55. The van der Waals surface area contributed by atoms with Crippen molar-refractivity contribution in [1.82, 2.24) is 0 Å². The SMILES string of the molecule is CC(N)c1cc(F)ccc1Oc1ccc(Br)cc1Br. The average molecular weight is 389 g/mol. The molecule has 5 heteroatoms. The van der Waals surface area contributed by atoms with Gasteiger partial charge in [0.15, 0.2) is 0 Å². The minimum atomic E-state index is -0.325. The lowest BCUT2D eigenvalue weighted by Gasteiger charge is -2.14. The van der Waals surface area contributed by atoms with Crippen LogP contribution in [0, 0.1) is 5.82 Å². The molecule has 0 radical (unpaired) electrons. The summed E-state index contributed by atoms with van der Waals surface area (Å²) in [4.78, 5) is 0. The van der Waals surface area contributed by atoms with Gasteiger partial charge in [-0.25, -0.2) is 4.39 Å².